The number of carbonyl (C=O) groups excluding carboxylic acids is 1. The Morgan fingerprint density at radius 2 is 2.08 bits per heavy atom. The first kappa shape index (κ1) is 18.3. The molecule has 1 aromatic heterocycles. The van der Waals surface area contributed by atoms with Crippen LogP contribution in [0.15, 0.2) is 30.5 Å². The van der Waals surface area contributed by atoms with Crippen LogP contribution in [0.2, 0.25) is 0 Å². The SMILES string of the molecule is Cn1cc(I)c(C(=O)NC(CO)C(O)c2ccc([N+](=O)[O-])cc2)n1. The number of amides is 1. The number of nitrogens with one attached hydrogen (secondary N) is 1. The molecular formula is C14H15IN4O5. The van der Waals surface area contributed by atoms with Crippen LogP contribution in [0.3, 0.4) is 0 Å². The number of aliphatic hydroxyl groups excluding tert-OH is 2. The summed E-state index contributed by atoms with van der Waals surface area (Å²) in [5.74, 6) is -0.528. The monoisotopic (exact) mass is 446 g/mol. The fourth-order valence-electron chi connectivity index (χ4n) is 2.10. The fourth-order valence-corrected chi connectivity index (χ4v) is 2.86. The molecule has 0 saturated carbocycles. The predicted octanol–water partition coefficient (Wildman–Crippen LogP) is 0.757. The fraction of sp³-hybridized carbons (Fsp3) is 0.286. The smallest absolute Gasteiger partial charge is 0.273 e. The first-order chi connectivity index (χ1) is 11.3. The molecule has 1 heterocycles. The van der Waals surface area contributed by atoms with Crippen LogP contribution in [-0.2, 0) is 7.05 Å². The van der Waals surface area contributed by atoms with Crippen molar-refractivity contribution in [1.29, 1.82) is 0 Å². The van der Waals surface area contributed by atoms with Crippen molar-refractivity contribution in [3.05, 3.63) is 55.4 Å². The van der Waals surface area contributed by atoms with Gasteiger partial charge in [-0.15, -0.1) is 0 Å². The van der Waals surface area contributed by atoms with Crippen LogP contribution in [0.4, 0.5) is 5.69 Å². The van der Waals surface area contributed by atoms with Gasteiger partial charge in [0.25, 0.3) is 11.6 Å². The van der Waals surface area contributed by atoms with E-state index in [-0.39, 0.29) is 11.4 Å². The van der Waals surface area contributed by atoms with E-state index in [1.54, 1.807) is 13.2 Å². The Balaban J connectivity index is 2.13. The largest absolute Gasteiger partial charge is 0.394 e. The summed E-state index contributed by atoms with van der Waals surface area (Å²) in [7, 11) is 1.67. The van der Waals surface area contributed by atoms with Crippen molar-refractivity contribution < 1.29 is 19.9 Å². The van der Waals surface area contributed by atoms with Gasteiger partial charge >= 0.3 is 0 Å². The summed E-state index contributed by atoms with van der Waals surface area (Å²) in [4.78, 5) is 22.3. The summed E-state index contributed by atoms with van der Waals surface area (Å²) in [6.07, 6.45) is 0.442. The third kappa shape index (κ3) is 4.07. The number of hydrogen-bond donors (Lipinski definition) is 3. The standard InChI is InChI=1S/C14H15IN4O5/c1-18-6-10(15)12(17-18)14(22)16-11(7-20)13(21)8-2-4-9(5-3-8)19(23)24/h2-6,11,13,20-21H,7H2,1H3,(H,16,22). The minimum atomic E-state index is -1.22. The highest BCUT2D eigenvalue weighted by molar-refractivity contribution is 14.1. The average molecular weight is 446 g/mol. The number of nitro groups is 1. The summed E-state index contributed by atoms with van der Waals surface area (Å²) in [6, 6.07) is 4.27. The minimum Gasteiger partial charge on any atom is -0.394 e. The van der Waals surface area contributed by atoms with Gasteiger partial charge in [-0.2, -0.15) is 5.10 Å². The molecule has 2 atom stereocenters. The van der Waals surface area contributed by atoms with Crippen molar-refractivity contribution in [2.24, 2.45) is 7.05 Å². The molecule has 10 heteroatoms. The summed E-state index contributed by atoms with van der Waals surface area (Å²) in [5, 5.41) is 37.0. The molecule has 128 valence electrons. The second kappa shape index (κ2) is 7.68. The first-order valence-electron chi connectivity index (χ1n) is 6.86. The highest BCUT2D eigenvalue weighted by atomic mass is 127. The molecule has 0 spiro atoms. The van der Waals surface area contributed by atoms with Crippen molar-refractivity contribution in [2.45, 2.75) is 12.1 Å². The van der Waals surface area contributed by atoms with Crippen LogP contribution in [0.25, 0.3) is 0 Å². The molecule has 2 unspecified atom stereocenters. The molecule has 0 bridgehead atoms. The van der Waals surface area contributed by atoms with E-state index in [0.29, 0.717) is 9.13 Å². The third-order valence-corrected chi connectivity index (χ3v) is 4.13. The molecule has 2 rings (SSSR count). The molecule has 0 fully saturated rings. The van der Waals surface area contributed by atoms with E-state index in [1.807, 2.05) is 22.6 Å². The maximum atomic E-state index is 12.2. The molecule has 0 radical (unpaired) electrons. The quantitative estimate of drug-likeness (QED) is 0.341. The zero-order valence-electron chi connectivity index (χ0n) is 12.6. The Bertz CT molecular complexity index is 746. The maximum absolute atomic E-state index is 12.2. The zero-order valence-corrected chi connectivity index (χ0v) is 14.7. The predicted molar refractivity (Wildman–Crippen MR) is 92.3 cm³/mol. The number of nitro benzene ring substituents is 1. The molecular weight excluding hydrogens is 431 g/mol. The third-order valence-electron chi connectivity index (χ3n) is 3.34. The molecule has 24 heavy (non-hydrogen) atoms. The second-order valence-corrected chi connectivity index (χ2v) is 6.22. The van der Waals surface area contributed by atoms with Gasteiger partial charge < -0.3 is 15.5 Å². The molecule has 1 amide bonds. The maximum Gasteiger partial charge on any atom is 0.273 e. The van der Waals surface area contributed by atoms with Crippen LogP contribution < -0.4 is 5.32 Å². The van der Waals surface area contributed by atoms with E-state index >= 15 is 0 Å². The zero-order chi connectivity index (χ0) is 17.9. The normalized spacial score (nSPS) is 13.3. The van der Waals surface area contributed by atoms with Crippen LogP contribution in [-0.4, -0.2) is 43.5 Å². The number of aryl methyl sites for hydroxylation is 1. The lowest BCUT2D eigenvalue weighted by Crippen LogP contribution is -2.42. The molecule has 2 aromatic rings. The van der Waals surface area contributed by atoms with E-state index in [2.05, 4.69) is 10.4 Å². The van der Waals surface area contributed by atoms with Crippen LogP contribution in [0, 0.1) is 13.7 Å². The number of halogens is 1. The summed E-state index contributed by atoms with van der Waals surface area (Å²) in [6.45, 7) is -0.507. The van der Waals surface area contributed by atoms with Gasteiger partial charge in [-0.05, 0) is 40.3 Å². The molecule has 9 nitrogen and oxygen atoms in total. The van der Waals surface area contributed by atoms with E-state index in [9.17, 15) is 25.1 Å². The molecule has 3 N–H and O–H groups in total. The van der Waals surface area contributed by atoms with Crippen molar-refractivity contribution in [3.63, 3.8) is 0 Å². The van der Waals surface area contributed by atoms with Gasteiger partial charge in [0.05, 0.1) is 21.1 Å². The summed E-state index contributed by atoms with van der Waals surface area (Å²) < 4.78 is 2.12. The molecule has 0 saturated heterocycles. The van der Waals surface area contributed by atoms with E-state index < -0.39 is 29.6 Å². The lowest BCUT2D eigenvalue weighted by atomic mass is 10.0. The first-order valence-corrected chi connectivity index (χ1v) is 7.94. The molecule has 1 aromatic carbocycles. The number of hydrogen-bond acceptors (Lipinski definition) is 6. The number of non-ortho nitro benzene ring substituents is 1. The van der Waals surface area contributed by atoms with Gasteiger partial charge in [-0.3, -0.25) is 19.6 Å². The number of aliphatic hydroxyl groups is 2. The summed E-state index contributed by atoms with van der Waals surface area (Å²) in [5.41, 5.74) is 0.418. The molecule has 0 aliphatic heterocycles. The Labute approximate surface area is 150 Å². The van der Waals surface area contributed by atoms with Gasteiger partial charge in [-0.1, -0.05) is 0 Å². The number of nitrogens with zero attached hydrogens (tertiary/aromatic N) is 3. The topological polar surface area (TPSA) is 131 Å². The van der Waals surface area contributed by atoms with E-state index in [4.69, 9.17) is 0 Å². The van der Waals surface area contributed by atoms with Crippen molar-refractivity contribution in [2.75, 3.05) is 6.61 Å². The Hall–Kier alpha value is -2.05. The van der Waals surface area contributed by atoms with Crippen LogP contribution in [0.5, 0.6) is 0 Å². The Kier molecular flexibility index (Phi) is 5.85. The summed E-state index contributed by atoms with van der Waals surface area (Å²) >= 11 is 1.96. The van der Waals surface area contributed by atoms with Crippen LogP contribution in [0.1, 0.15) is 22.2 Å². The van der Waals surface area contributed by atoms with Crippen LogP contribution >= 0.6 is 22.6 Å². The lowest BCUT2D eigenvalue weighted by Gasteiger charge is -2.22. The number of carbonyl (C=O) groups is 1. The van der Waals surface area contributed by atoms with Gasteiger partial charge in [0.15, 0.2) is 5.69 Å². The van der Waals surface area contributed by atoms with Crippen molar-refractivity contribution in [1.82, 2.24) is 15.1 Å². The Morgan fingerprint density at radius 3 is 2.54 bits per heavy atom. The van der Waals surface area contributed by atoms with Gasteiger partial charge in [0.2, 0.25) is 0 Å². The lowest BCUT2D eigenvalue weighted by molar-refractivity contribution is -0.384. The van der Waals surface area contributed by atoms with Gasteiger partial charge in [0, 0.05) is 25.4 Å². The second-order valence-electron chi connectivity index (χ2n) is 5.06. The Morgan fingerprint density at radius 1 is 1.46 bits per heavy atom. The van der Waals surface area contributed by atoms with Crippen molar-refractivity contribution in [3.8, 4) is 0 Å². The number of aromatic nitrogens is 2. The highest BCUT2D eigenvalue weighted by Gasteiger charge is 2.25. The van der Waals surface area contributed by atoms with Crippen molar-refractivity contribution >= 4 is 34.2 Å². The highest BCUT2D eigenvalue weighted by Crippen LogP contribution is 2.21. The molecule has 0 aliphatic rings. The van der Waals surface area contributed by atoms with Gasteiger partial charge in [-0.25, -0.2) is 0 Å². The van der Waals surface area contributed by atoms with E-state index in [1.165, 1.54) is 28.9 Å². The number of benzene rings is 1. The van der Waals surface area contributed by atoms with E-state index in [0.717, 1.165) is 0 Å². The minimum absolute atomic E-state index is 0.112. The average Bonchev–Trinajstić information content (AvgIpc) is 2.90. The van der Waals surface area contributed by atoms with Gasteiger partial charge in [0.1, 0.15) is 6.10 Å². The number of rotatable bonds is 6. The molecule has 0 aliphatic carbocycles.